The van der Waals surface area contributed by atoms with Crippen molar-refractivity contribution in [1.82, 2.24) is 4.98 Å². The summed E-state index contributed by atoms with van der Waals surface area (Å²) in [5, 5.41) is 0.477. The lowest BCUT2D eigenvalue weighted by Gasteiger charge is -2.11. The van der Waals surface area contributed by atoms with E-state index in [4.69, 9.17) is 4.74 Å². The summed E-state index contributed by atoms with van der Waals surface area (Å²) in [5.41, 5.74) is 1.69. The van der Waals surface area contributed by atoms with Crippen molar-refractivity contribution < 1.29 is 9.53 Å². The Hall–Kier alpha value is -2.88. The van der Waals surface area contributed by atoms with E-state index < -0.39 is 5.97 Å². The average Bonchev–Trinajstić information content (AvgIpc) is 2.55. The highest BCUT2D eigenvalue weighted by molar-refractivity contribution is 6.00. The van der Waals surface area contributed by atoms with Gasteiger partial charge in [0.2, 0.25) is 5.43 Å². The molecule has 4 heteroatoms. The molecule has 1 aromatic heterocycles. The van der Waals surface area contributed by atoms with Crippen LogP contribution < -0.4 is 5.43 Å². The molecule has 0 saturated heterocycles. The van der Waals surface area contributed by atoms with Gasteiger partial charge in [0.05, 0.1) is 12.3 Å². The third-order valence-electron chi connectivity index (χ3n) is 3.45. The second-order valence-corrected chi connectivity index (χ2v) is 4.84. The number of hydrogen-bond acceptors (Lipinski definition) is 3. The fraction of sp³-hybridized carbons (Fsp3) is 0.111. The van der Waals surface area contributed by atoms with Crippen LogP contribution in [0.2, 0.25) is 0 Å². The first-order chi connectivity index (χ1) is 10.7. The number of ether oxygens (including phenoxy) is 1. The first-order valence-electron chi connectivity index (χ1n) is 7.10. The Kier molecular flexibility index (Phi) is 3.74. The number of esters is 1. The maximum absolute atomic E-state index is 12.7. The third kappa shape index (κ3) is 2.39. The Morgan fingerprint density at radius 2 is 1.73 bits per heavy atom. The van der Waals surface area contributed by atoms with Crippen LogP contribution in [0.25, 0.3) is 22.2 Å². The van der Waals surface area contributed by atoms with E-state index in [1.165, 1.54) is 0 Å². The van der Waals surface area contributed by atoms with Crippen LogP contribution in [-0.2, 0) is 4.74 Å². The van der Waals surface area contributed by atoms with Crippen molar-refractivity contribution in [1.29, 1.82) is 0 Å². The minimum Gasteiger partial charge on any atom is -0.462 e. The molecule has 0 atom stereocenters. The van der Waals surface area contributed by atoms with Gasteiger partial charge in [0.15, 0.2) is 0 Å². The Balaban J connectivity index is 2.36. The summed E-state index contributed by atoms with van der Waals surface area (Å²) < 4.78 is 5.06. The molecule has 0 aliphatic heterocycles. The second-order valence-electron chi connectivity index (χ2n) is 4.84. The van der Waals surface area contributed by atoms with Gasteiger partial charge in [-0.05, 0) is 24.6 Å². The van der Waals surface area contributed by atoms with Gasteiger partial charge in [-0.1, -0.05) is 42.5 Å². The molecular formula is C18H15NO3. The number of nitrogens with one attached hydrogen (secondary N) is 1. The number of fused-ring (bicyclic) bond motifs is 1. The number of hydrogen-bond donors (Lipinski definition) is 1. The molecule has 0 aliphatic rings. The maximum Gasteiger partial charge on any atom is 0.344 e. The van der Waals surface area contributed by atoms with Gasteiger partial charge in [0.25, 0.3) is 0 Å². The zero-order chi connectivity index (χ0) is 15.5. The van der Waals surface area contributed by atoms with Gasteiger partial charge in [-0.2, -0.15) is 0 Å². The summed E-state index contributed by atoms with van der Waals surface area (Å²) in [5.74, 6) is -0.603. The molecule has 3 rings (SSSR count). The van der Waals surface area contributed by atoms with Crippen molar-refractivity contribution in [3.05, 3.63) is 70.4 Å². The quantitative estimate of drug-likeness (QED) is 0.753. The van der Waals surface area contributed by atoms with Gasteiger partial charge in [0, 0.05) is 10.9 Å². The van der Waals surface area contributed by atoms with E-state index in [9.17, 15) is 9.59 Å². The largest absolute Gasteiger partial charge is 0.462 e. The number of pyridine rings is 1. The molecule has 0 radical (unpaired) electrons. The van der Waals surface area contributed by atoms with Crippen LogP contribution in [0.1, 0.15) is 17.3 Å². The molecule has 3 aromatic rings. The lowest BCUT2D eigenvalue weighted by atomic mass is 10.0. The van der Waals surface area contributed by atoms with Crippen molar-refractivity contribution in [2.75, 3.05) is 6.61 Å². The molecular weight excluding hydrogens is 278 g/mol. The zero-order valence-electron chi connectivity index (χ0n) is 12.1. The molecule has 0 fully saturated rings. The highest BCUT2D eigenvalue weighted by Gasteiger charge is 2.20. The average molecular weight is 293 g/mol. The topological polar surface area (TPSA) is 59.2 Å². The number of H-pyrrole nitrogens is 1. The number of rotatable bonds is 3. The summed E-state index contributed by atoms with van der Waals surface area (Å²) >= 11 is 0. The Morgan fingerprint density at radius 3 is 2.45 bits per heavy atom. The van der Waals surface area contributed by atoms with Gasteiger partial charge in [0.1, 0.15) is 5.56 Å². The van der Waals surface area contributed by atoms with Crippen LogP contribution in [0, 0.1) is 0 Å². The fourth-order valence-electron chi connectivity index (χ4n) is 2.45. The normalized spacial score (nSPS) is 10.6. The fourth-order valence-corrected chi connectivity index (χ4v) is 2.45. The standard InChI is InChI=1S/C18H15NO3/c1-2-22-18(21)15-16(12-8-4-3-5-9-12)19-14-11-7-6-10-13(14)17(15)20/h3-11H,2H2,1H3,(H,19,20). The maximum atomic E-state index is 12.7. The molecule has 22 heavy (non-hydrogen) atoms. The SMILES string of the molecule is CCOC(=O)c1c(-c2ccccc2)[nH]c2ccccc2c1=O. The van der Waals surface area contributed by atoms with Crippen LogP contribution in [0.4, 0.5) is 0 Å². The van der Waals surface area contributed by atoms with E-state index in [1.807, 2.05) is 42.5 Å². The van der Waals surface area contributed by atoms with Gasteiger partial charge >= 0.3 is 5.97 Å². The zero-order valence-corrected chi connectivity index (χ0v) is 12.1. The summed E-state index contributed by atoms with van der Waals surface area (Å²) in [6.45, 7) is 1.94. The van der Waals surface area contributed by atoms with Gasteiger partial charge in [-0.3, -0.25) is 4.79 Å². The molecule has 1 N–H and O–H groups in total. The molecule has 0 saturated carbocycles. The molecule has 110 valence electrons. The van der Waals surface area contributed by atoms with Crippen molar-refractivity contribution in [3.63, 3.8) is 0 Å². The van der Waals surface area contributed by atoms with E-state index in [0.717, 1.165) is 5.56 Å². The van der Waals surface area contributed by atoms with E-state index in [2.05, 4.69) is 4.98 Å². The monoisotopic (exact) mass is 293 g/mol. The van der Waals surface area contributed by atoms with Crippen molar-refractivity contribution in [2.45, 2.75) is 6.92 Å². The number of benzene rings is 2. The molecule has 0 spiro atoms. The molecule has 0 amide bonds. The molecule has 4 nitrogen and oxygen atoms in total. The molecule has 1 heterocycles. The predicted octanol–water partition coefficient (Wildman–Crippen LogP) is 3.37. The Morgan fingerprint density at radius 1 is 1.05 bits per heavy atom. The van der Waals surface area contributed by atoms with Gasteiger partial charge in [-0.15, -0.1) is 0 Å². The van der Waals surface area contributed by atoms with Crippen molar-refractivity contribution >= 4 is 16.9 Å². The van der Waals surface area contributed by atoms with Crippen LogP contribution in [0.3, 0.4) is 0 Å². The Labute approximate surface area is 127 Å². The van der Waals surface area contributed by atoms with E-state index in [1.54, 1.807) is 19.1 Å². The molecule has 0 aliphatic carbocycles. The predicted molar refractivity (Wildman–Crippen MR) is 86.0 cm³/mol. The van der Waals surface area contributed by atoms with Crippen LogP contribution in [0.5, 0.6) is 0 Å². The third-order valence-corrected chi connectivity index (χ3v) is 3.45. The number of aromatic nitrogens is 1. The minimum atomic E-state index is -0.603. The van der Waals surface area contributed by atoms with Crippen LogP contribution >= 0.6 is 0 Å². The van der Waals surface area contributed by atoms with E-state index in [-0.39, 0.29) is 17.6 Å². The summed E-state index contributed by atoms with van der Waals surface area (Å²) in [6, 6.07) is 16.4. The highest BCUT2D eigenvalue weighted by atomic mass is 16.5. The highest BCUT2D eigenvalue weighted by Crippen LogP contribution is 2.22. The summed E-state index contributed by atoms with van der Waals surface area (Å²) in [7, 11) is 0. The minimum absolute atomic E-state index is 0.0479. The number of carbonyl (C=O) groups is 1. The lowest BCUT2D eigenvalue weighted by molar-refractivity contribution is 0.0525. The number of para-hydroxylation sites is 1. The smallest absolute Gasteiger partial charge is 0.344 e. The lowest BCUT2D eigenvalue weighted by Crippen LogP contribution is -2.20. The van der Waals surface area contributed by atoms with Crippen LogP contribution in [-0.4, -0.2) is 17.6 Å². The first kappa shape index (κ1) is 14.1. The first-order valence-corrected chi connectivity index (χ1v) is 7.10. The number of aromatic amines is 1. The van der Waals surface area contributed by atoms with Gasteiger partial charge < -0.3 is 9.72 Å². The summed E-state index contributed by atoms with van der Waals surface area (Å²) in [6.07, 6.45) is 0. The Bertz CT molecular complexity index is 882. The number of carbonyl (C=O) groups excluding carboxylic acids is 1. The van der Waals surface area contributed by atoms with E-state index in [0.29, 0.717) is 16.6 Å². The van der Waals surface area contributed by atoms with Gasteiger partial charge in [-0.25, -0.2) is 4.79 Å². The van der Waals surface area contributed by atoms with Crippen LogP contribution in [0.15, 0.2) is 59.4 Å². The summed E-state index contributed by atoms with van der Waals surface area (Å²) in [4.78, 5) is 28.2. The van der Waals surface area contributed by atoms with Crippen molar-refractivity contribution in [2.24, 2.45) is 0 Å². The van der Waals surface area contributed by atoms with E-state index >= 15 is 0 Å². The van der Waals surface area contributed by atoms with Crippen molar-refractivity contribution in [3.8, 4) is 11.3 Å². The molecule has 2 aromatic carbocycles. The molecule has 0 unspecified atom stereocenters. The second kappa shape index (κ2) is 5.85. The molecule has 0 bridgehead atoms.